The predicted molar refractivity (Wildman–Crippen MR) is 98.5 cm³/mol. The summed E-state index contributed by atoms with van der Waals surface area (Å²) >= 11 is 2.25. The zero-order chi connectivity index (χ0) is 16.3. The second-order valence-corrected chi connectivity index (χ2v) is 6.72. The van der Waals surface area contributed by atoms with Crippen LogP contribution in [0.4, 0.5) is 5.69 Å². The topological polar surface area (TPSA) is 38.3 Å². The van der Waals surface area contributed by atoms with E-state index in [0.717, 1.165) is 26.1 Å². The molecule has 1 atom stereocenters. The van der Waals surface area contributed by atoms with Gasteiger partial charge in [0.1, 0.15) is 5.75 Å². The van der Waals surface area contributed by atoms with Gasteiger partial charge in [0.05, 0.1) is 0 Å². The molecule has 22 heavy (non-hydrogen) atoms. The Morgan fingerprint density at radius 3 is 2.45 bits per heavy atom. The van der Waals surface area contributed by atoms with Crippen molar-refractivity contribution in [1.82, 2.24) is 0 Å². The molecule has 0 aliphatic carbocycles. The van der Waals surface area contributed by atoms with Gasteiger partial charge in [-0.3, -0.25) is 4.79 Å². The van der Waals surface area contributed by atoms with Crippen molar-refractivity contribution in [1.29, 1.82) is 0 Å². The molecule has 0 spiro atoms. The van der Waals surface area contributed by atoms with E-state index in [0.29, 0.717) is 0 Å². The number of aryl methyl sites for hydroxylation is 3. The summed E-state index contributed by atoms with van der Waals surface area (Å²) in [6.07, 6.45) is -0.555. The molecule has 0 aliphatic rings. The molecule has 0 saturated carbocycles. The molecule has 1 unspecified atom stereocenters. The lowest BCUT2D eigenvalue weighted by atomic mass is 10.1. The number of rotatable bonds is 4. The van der Waals surface area contributed by atoms with Gasteiger partial charge in [-0.1, -0.05) is 17.7 Å². The third-order valence-electron chi connectivity index (χ3n) is 3.45. The number of benzene rings is 2. The predicted octanol–water partition coefficient (Wildman–Crippen LogP) is 4.62. The summed E-state index contributed by atoms with van der Waals surface area (Å²) in [5, 5.41) is 2.92. The van der Waals surface area contributed by atoms with Crippen molar-refractivity contribution in [3.05, 3.63) is 56.7 Å². The summed E-state index contributed by atoms with van der Waals surface area (Å²) in [5.41, 5.74) is 4.07. The molecule has 0 radical (unpaired) electrons. The van der Waals surface area contributed by atoms with Crippen LogP contribution in [0.2, 0.25) is 0 Å². The first-order valence-corrected chi connectivity index (χ1v) is 8.25. The van der Waals surface area contributed by atoms with Gasteiger partial charge in [0, 0.05) is 9.26 Å². The van der Waals surface area contributed by atoms with Gasteiger partial charge < -0.3 is 10.1 Å². The first-order chi connectivity index (χ1) is 10.4. The lowest BCUT2D eigenvalue weighted by molar-refractivity contribution is -0.122. The number of ether oxygens (including phenoxy) is 1. The fourth-order valence-electron chi connectivity index (χ4n) is 2.18. The van der Waals surface area contributed by atoms with Crippen LogP contribution in [-0.4, -0.2) is 12.0 Å². The largest absolute Gasteiger partial charge is 0.481 e. The highest BCUT2D eigenvalue weighted by molar-refractivity contribution is 14.1. The molecular formula is C18H20INO2. The second kappa shape index (κ2) is 7.13. The van der Waals surface area contributed by atoms with Crippen LogP contribution in [0.3, 0.4) is 0 Å². The summed E-state index contributed by atoms with van der Waals surface area (Å²) < 4.78 is 6.93. The fraction of sp³-hybridized carbons (Fsp3) is 0.278. The first kappa shape index (κ1) is 16.8. The van der Waals surface area contributed by atoms with Crippen molar-refractivity contribution in [3.63, 3.8) is 0 Å². The van der Waals surface area contributed by atoms with Gasteiger partial charge >= 0.3 is 0 Å². The molecule has 1 amide bonds. The maximum Gasteiger partial charge on any atom is 0.265 e. The van der Waals surface area contributed by atoms with Gasteiger partial charge in [-0.05, 0) is 85.7 Å². The number of anilines is 1. The summed E-state index contributed by atoms with van der Waals surface area (Å²) in [7, 11) is 0. The van der Waals surface area contributed by atoms with Crippen LogP contribution in [0, 0.1) is 24.3 Å². The lowest BCUT2D eigenvalue weighted by Gasteiger charge is -2.17. The van der Waals surface area contributed by atoms with Crippen LogP contribution in [0.15, 0.2) is 36.4 Å². The Morgan fingerprint density at radius 2 is 1.82 bits per heavy atom. The van der Waals surface area contributed by atoms with Gasteiger partial charge in [0.25, 0.3) is 5.91 Å². The number of carbonyl (C=O) groups is 1. The number of hydrogen-bond donors (Lipinski definition) is 1. The molecule has 0 bridgehead atoms. The zero-order valence-corrected chi connectivity index (χ0v) is 15.4. The van der Waals surface area contributed by atoms with Gasteiger partial charge in [-0.2, -0.15) is 0 Å². The normalized spacial score (nSPS) is 11.9. The van der Waals surface area contributed by atoms with Gasteiger partial charge in [-0.25, -0.2) is 0 Å². The third kappa shape index (κ3) is 4.22. The summed E-state index contributed by atoms with van der Waals surface area (Å²) in [4.78, 5) is 12.3. The van der Waals surface area contributed by atoms with Gasteiger partial charge in [-0.15, -0.1) is 0 Å². The number of halogens is 1. The van der Waals surface area contributed by atoms with Crippen molar-refractivity contribution in [2.45, 2.75) is 33.8 Å². The molecule has 4 heteroatoms. The van der Waals surface area contributed by atoms with E-state index in [1.165, 1.54) is 5.56 Å². The molecule has 0 saturated heterocycles. The smallest absolute Gasteiger partial charge is 0.265 e. The minimum absolute atomic E-state index is 0.149. The van der Waals surface area contributed by atoms with Crippen LogP contribution in [0.25, 0.3) is 0 Å². The van der Waals surface area contributed by atoms with Crippen LogP contribution in [0.1, 0.15) is 23.6 Å². The summed E-state index contributed by atoms with van der Waals surface area (Å²) in [6.45, 7) is 7.76. The third-order valence-corrected chi connectivity index (χ3v) is 4.12. The van der Waals surface area contributed by atoms with E-state index in [-0.39, 0.29) is 5.91 Å². The molecule has 2 aromatic rings. The number of carbonyl (C=O) groups excluding carboxylic acids is 1. The van der Waals surface area contributed by atoms with E-state index < -0.39 is 6.10 Å². The summed E-state index contributed by atoms with van der Waals surface area (Å²) in [6, 6.07) is 11.9. The van der Waals surface area contributed by atoms with Crippen molar-refractivity contribution in [2.24, 2.45) is 0 Å². The van der Waals surface area contributed by atoms with E-state index in [1.54, 1.807) is 6.92 Å². The number of amides is 1. The van der Waals surface area contributed by atoms with Crippen LogP contribution in [0.5, 0.6) is 5.75 Å². The monoisotopic (exact) mass is 409 g/mol. The Hall–Kier alpha value is -1.56. The number of nitrogens with one attached hydrogen (secondary N) is 1. The first-order valence-electron chi connectivity index (χ1n) is 7.18. The second-order valence-electron chi connectivity index (χ2n) is 5.48. The Bertz CT molecular complexity index is 697. The van der Waals surface area contributed by atoms with E-state index in [4.69, 9.17) is 4.74 Å². The van der Waals surface area contributed by atoms with Crippen LogP contribution >= 0.6 is 22.6 Å². The Balaban J connectivity index is 2.05. The SMILES string of the molecule is Cc1ccc(OC(C)C(=O)Nc2ccc(I)cc2C)c(C)c1. The van der Waals surface area contributed by atoms with E-state index >= 15 is 0 Å². The summed E-state index contributed by atoms with van der Waals surface area (Å²) in [5.74, 6) is 0.594. The Morgan fingerprint density at radius 1 is 1.09 bits per heavy atom. The van der Waals surface area contributed by atoms with Crippen molar-refractivity contribution >= 4 is 34.2 Å². The quantitative estimate of drug-likeness (QED) is 0.749. The molecule has 0 heterocycles. The van der Waals surface area contributed by atoms with Crippen molar-refractivity contribution in [3.8, 4) is 5.75 Å². The van der Waals surface area contributed by atoms with E-state index in [2.05, 4.69) is 27.9 Å². The zero-order valence-electron chi connectivity index (χ0n) is 13.2. The lowest BCUT2D eigenvalue weighted by Crippen LogP contribution is -2.30. The minimum atomic E-state index is -0.555. The maximum atomic E-state index is 12.3. The molecule has 0 aliphatic heterocycles. The molecule has 3 nitrogen and oxygen atoms in total. The molecule has 2 aromatic carbocycles. The standard InChI is InChI=1S/C18H20INO2/c1-11-5-8-17(13(3)9-11)22-14(4)18(21)20-16-7-6-15(19)10-12(16)2/h5-10,14H,1-4H3,(H,20,21). The van der Waals surface area contributed by atoms with Crippen molar-refractivity contribution in [2.75, 3.05) is 5.32 Å². The van der Waals surface area contributed by atoms with E-state index in [1.807, 2.05) is 57.2 Å². The van der Waals surface area contributed by atoms with Crippen LogP contribution in [-0.2, 0) is 4.79 Å². The molecule has 0 aromatic heterocycles. The molecule has 1 N–H and O–H groups in total. The molecule has 2 rings (SSSR count). The Labute approximate surface area is 145 Å². The highest BCUT2D eigenvalue weighted by Gasteiger charge is 2.16. The minimum Gasteiger partial charge on any atom is -0.481 e. The molecule has 0 fully saturated rings. The fourth-order valence-corrected chi connectivity index (χ4v) is 2.82. The van der Waals surface area contributed by atoms with Crippen molar-refractivity contribution < 1.29 is 9.53 Å². The highest BCUT2D eigenvalue weighted by Crippen LogP contribution is 2.21. The Kier molecular flexibility index (Phi) is 5.45. The van der Waals surface area contributed by atoms with Gasteiger partial charge in [0.2, 0.25) is 0 Å². The average molecular weight is 409 g/mol. The maximum absolute atomic E-state index is 12.3. The van der Waals surface area contributed by atoms with E-state index in [9.17, 15) is 4.79 Å². The highest BCUT2D eigenvalue weighted by atomic mass is 127. The van der Waals surface area contributed by atoms with Crippen LogP contribution < -0.4 is 10.1 Å². The van der Waals surface area contributed by atoms with Gasteiger partial charge in [0.15, 0.2) is 6.10 Å². The number of hydrogen-bond acceptors (Lipinski definition) is 2. The molecule has 116 valence electrons. The molecular weight excluding hydrogens is 389 g/mol. The average Bonchev–Trinajstić information content (AvgIpc) is 2.44.